The second-order valence-corrected chi connectivity index (χ2v) is 7.38. The van der Waals surface area contributed by atoms with E-state index in [1.165, 1.54) is 23.2 Å². The molecular formula is C18H27BrN2. The van der Waals surface area contributed by atoms with Crippen LogP contribution in [0.5, 0.6) is 0 Å². The van der Waals surface area contributed by atoms with Crippen LogP contribution in [0.15, 0.2) is 22.2 Å². The summed E-state index contributed by atoms with van der Waals surface area (Å²) < 4.78 is 1.06. The lowest BCUT2D eigenvalue weighted by atomic mass is 9.88. The second-order valence-electron chi connectivity index (χ2n) is 6.46. The average Bonchev–Trinajstić information content (AvgIpc) is 2.44. The standard InChI is InChI=1S/C18H27BrN2/c1-5-12(2)8-16-17(20)9-15(19)10-18(16)21-7-6-13(3)14(4)11-21/h8-10,13-14H,5-7,11,20H2,1-4H3/b12-8+. The normalized spacial score (nSPS) is 23.5. The lowest BCUT2D eigenvalue weighted by Crippen LogP contribution is -2.38. The van der Waals surface area contributed by atoms with Gasteiger partial charge in [0.2, 0.25) is 0 Å². The maximum Gasteiger partial charge on any atom is 0.0472 e. The van der Waals surface area contributed by atoms with Crippen molar-refractivity contribution in [1.29, 1.82) is 0 Å². The number of benzene rings is 1. The van der Waals surface area contributed by atoms with Crippen molar-refractivity contribution >= 4 is 33.4 Å². The Bertz CT molecular complexity index is 536. The van der Waals surface area contributed by atoms with E-state index in [4.69, 9.17) is 5.73 Å². The van der Waals surface area contributed by atoms with Crippen LogP contribution in [0.3, 0.4) is 0 Å². The van der Waals surface area contributed by atoms with E-state index >= 15 is 0 Å². The molecule has 0 bridgehead atoms. The molecular weight excluding hydrogens is 324 g/mol. The Morgan fingerprint density at radius 3 is 2.71 bits per heavy atom. The maximum absolute atomic E-state index is 6.29. The van der Waals surface area contributed by atoms with Crippen LogP contribution in [0.25, 0.3) is 6.08 Å². The van der Waals surface area contributed by atoms with Crippen LogP contribution in [0.2, 0.25) is 0 Å². The number of nitrogen functional groups attached to an aromatic ring is 1. The van der Waals surface area contributed by atoms with Crippen LogP contribution in [0.4, 0.5) is 11.4 Å². The number of halogens is 1. The summed E-state index contributed by atoms with van der Waals surface area (Å²) >= 11 is 3.60. The number of anilines is 2. The molecule has 0 amide bonds. The van der Waals surface area contributed by atoms with Crippen molar-refractivity contribution in [3.8, 4) is 0 Å². The molecule has 116 valence electrons. The molecule has 2 rings (SSSR count). The first-order valence-corrected chi connectivity index (χ1v) is 8.72. The number of nitrogens with two attached hydrogens (primary N) is 1. The summed E-state index contributed by atoms with van der Waals surface area (Å²) in [4.78, 5) is 2.50. The van der Waals surface area contributed by atoms with E-state index in [0.29, 0.717) is 0 Å². The number of rotatable bonds is 3. The van der Waals surface area contributed by atoms with E-state index in [0.717, 1.165) is 41.5 Å². The minimum atomic E-state index is 0.725. The van der Waals surface area contributed by atoms with Crippen LogP contribution >= 0.6 is 15.9 Å². The van der Waals surface area contributed by atoms with Gasteiger partial charge in [-0.15, -0.1) is 0 Å². The summed E-state index contributed by atoms with van der Waals surface area (Å²) in [6.45, 7) is 11.3. The van der Waals surface area contributed by atoms with E-state index in [-0.39, 0.29) is 0 Å². The van der Waals surface area contributed by atoms with Crippen molar-refractivity contribution in [1.82, 2.24) is 0 Å². The Morgan fingerprint density at radius 1 is 1.38 bits per heavy atom. The van der Waals surface area contributed by atoms with E-state index in [9.17, 15) is 0 Å². The SMILES string of the molecule is CC/C(C)=C/c1c(N)cc(Br)cc1N1CCC(C)C(C)C1. The molecule has 0 radical (unpaired) electrons. The largest absolute Gasteiger partial charge is 0.398 e. The molecule has 0 aromatic heterocycles. The van der Waals surface area contributed by atoms with Gasteiger partial charge in [-0.1, -0.05) is 48.4 Å². The van der Waals surface area contributed by atoms with Gasteiger partial charge in [0.15, 0.2) is 0 Å². The molecule has 21 heavy (non-hydrogen) atoms. The van der Waals surface area contributed by atoms with Crippen LogP contribution in [-0.2, 0) is 0 Å². The van der Waals surface area contributed by atoms with Gasteiger partial charge < -0.3 is 10.6 Å². The maximum atomic E-state index is 6.29. The van der Waals surface area contributed by atoms with Crippen molar-refractivity contribution in [2.75, 3.05) is 23.7 Å². The predicted octanol–water partition coefficient (Wildman–Crippen LogP) is 5.33. The zero-order valence-corrected chi connectivity index (χ0v) is 15.2. The van der Waals surface area contributed by atoms with Crippen LogP contribution in [-0.4, -0.2) is 13.1 Å². The monoisotopic (exact) mass is 350 g/mol. The van der Waals surface area contributed by atoms with E-state index < -0.39 is 0 Å². The van der Waals surface area contributed by atoms with Gasteiger partial charge in [-0.25, -0.2) is 0 Å². The van der Waals surface area contributed by atoms with Crippen LogP contribution < -0.4 is 10.6 Å². The molecule has 2 nitrogen and oxygen atoms in total. The van der Waals surface area contributed by atoms with Crippen molar-refractivity contribution in [3.63, 3.8) is 0 Å². The summed E-state index contributed by atoms with van der Waals surface area (Å²) in [5.41, 5.74) is 11.0. The first-order chi connectivity index (χ1) is 9.92. The van der Waals surface area contributed by atoms with Crippen LogP contribution in [0.1, 0.15) is 46.1 Å². The zero-order chi connectivity index (χ0) is 15.6. The minimum Gasteiger partial charge on any atom is -0.398 e. The predicted molar refractivity (Wildman–Crippen MR) is 97.7 cm³/mol. The average molecular weight is 351 g/mol. The molecule has 2 unspecified atom stereocenters. The zero-order valence-electron chi connectivity index (χ0n) is 13.6. The smallest absolute Gasteiger partial charge is 0.0472 e. The number of hydrogen-bond acceptors (Lipinski definition) is 2. The number of nitrogens with zero attached hydrogens (tertiary/aromatic N) is 1. The van der Waals surface area contributed by atoms with Gasteiger partial charge in [0.25, 0.3) is 0 Å². The van der Waals surface area contributed by atoms with Gasteiger partial charge in [-0.05, 0) is 43.7 Å². The number of piperidine rings is 1. The van der Waals surface area contributed by atoms with Gasteiger partial charge in [0, 0.05) is 34.5 Å². The fourth-order valence-electron chi connectivity index (χ4n) is 2.87. The molecule has 1 saturated heterocycles. The van der Waals surface area contributed by atoms with Crippen molar-refractivity contribution in [2.45, 2.75) is 40.5 Å². The molecule has 1 aliphatic heterocycles. The molecule has 0 spiro atoms. The highest BCUT2D eigenvalue weighted by atomic mass is 79.9. The first-order valence-electron chi connectivity index (χ1n) is 7.93. The Balaban J connectivity index is 2.42. The molecule has 3 heteroatoms. The van der Waals surface area contributed by atoms with Gasteiger partial charge in [-0.2, -0.15) is 0 Å². The highest BCUT2D eigenvalue weighted by Gasteiger charge is 2.24. The fraction of sp³-hybridized carbons (Fsp3) is 0.556. The number of allylic oxidation sites excluding steroid dienone is 1. The summed E-state index contributed by atoms with van der Waals surface area (Å²) in [5.74, 6) is 1.53. The summed E-state index contributed by atoms with van der Waals surface area (Å²) in [6.07, 6.45) is 4.56. The molecule has 2 atom stereocenters. The quantitative estimate of drug-likeness (QED) is 0.746. The molecule has 2 N–H and O–H groups in total. The molecule has 1 aromatic rings. The Labute approximate surface area is 137 Å². The van der Waals surface area contributed by atoms with E-state index in [2.05, 4.69) is 60.7 Å². The lowest BCUT2D eigenvalue weighted by molar-refractivity contribution is 0.324. The molecule has 0 aliphatic carbocycles. The van der Waals surface area contributed by atoms with Gasteiger partial charge in [0.1, 0.15) is 0 Å². The van der Waals surface area contributed by atoms with E-state index in [1.807, 2.05) is 6.07 Å². The Morgan fingerprint density at radius 2 is 2.10 bits per heavy atom. The third-order valence-corrected chi connectivity index (χ3v) is 5.24. The van der Waals surface area contributed by atoms with E-state index in [1.54, 1.807) is 0 Å². The van der Waals surface area contributed by atoms with Gasteiger partial charge >= 0.3 is 0 Å². The molecule has 1 heterocycles. The Kier molecular flexibility index (Phi) is 5.37. The molecule has 0 saturated carbocycles. The molecule has 1 aromatic carbocycles. The van der Waals surface area contributed by atoms with Gasteiger partial charge in [0.05, 0.1) is 0 Å². The topological polar surface area (TPSA) is 29.3 Å². The number of hydrogen-bond donors (Lipinski definition) is 1. The second kappa shape index (κ2) is 6.87. The fourth-order valence-corrected chi connectivity index (χ4v) is 3.34. The molecule has 1 fully saturated rings. The summed E-state index contributed by atoms with van der Waals surface area (Å²) in [5, 5.41) is 0. The minimum absolute atomic E-state index is 0.725. The van der Waals surface area contributed by atoms with Crippen molar-refractivity contribution in [3.05, 3.63) is 27.7 Å². The highest BCUT2D eigenvalue weighted by Crippen LogP contribution is 2.36. The van der Waals surface area contributed by atoms with Crippen LogP contribution in [0, 0.1) is 11.8 Å². The Hall–Kier alpha value is -0.960. The lowest BCUT2D eigenvalue weighted by Gasteiger charge is -2.38. The third kappa shape index (κ3) is 3.82. The highest BCUT2D eigenvalue weighted by molar-refractivity contribution is 9.10. The van der Waals surface area contributed by atoms with Crippen molar-refractivity contribution < 1.29 is 0 Å². The third-order valence-electron chi connectivity index (χ3n) is 4.78. The van der Waals surface area contributed by atoms with Gasteiger partial charge in [-0.3, -0.25) is 0 Å². The summed E-state index contributed by atoms with van der Waals surface area (Å²) in [6, 6.07) is 4.22. The van der Waals surface area contributed by atoms with Crippen molar-refractivity contribution in [2.24, 2.45) is 11.8 Å². The molecule has 1 aliphatic rings. The summed E-state index contributed by atoms with van der Waals surface area (Å²) in [7, 11) is 0. The first kappa shape index (κ1) is 16.4.